The molecule has 3 rings (SSSR count). The van der Waals surface area contributed by atoms with Crippen LogP contribution in [0.25, 0.3) is 22.8 Å². The lowest BCUT2D eigenvalue weighted by molar-refractivity contribution is 0.430. The van der Waals surface area contributed by atoms with Gasteiger partial charge in [-0.15, -0.1) is 0 Å². The summed E-state index contributed by atoms with van der Waals surface area (Å²) in [4.78, 5) is 4.27. The summed E-state index contributed by atoms with van der Waals surface area (Å²) < 4.78 is 19.2. The lowest BCUT2D eigenvalue weighted by Crippen LogP contribution is -1.86. The van der Waals surface area contributed by atoms with E-state index < -0.39 is 0 Å². The molecule has 0 amide bonds. The first-order chi connectivity index (χ1) is 10.1. The number of rotatable bonds is 2. The van der Waals surface area contributed by atoms with Crippen LogP contribution in [0, 0.1) is 12.7 Å². The standard InChI is InChI=1S/C15H10BrFN2O2/c1-8-10(3-2-4-13(8)20)15-18-14(19-21-15)11-7-9(17)5-6-12(11)16/h2-7,20H,1H3. The number of benzene rings is 2. The molecule has 6 heteroatoms. The quantitative estimate of drug-likeness (QED) is 0.749. The molecular weight excluding hydrogens is 339 g/mol. The smallest absolute Gasteiger partial charge is 0.258 e. The van der Waals surface area contributed by atoms with E-state index in [1.165, 1.54) is 12.1 Å². The SMILES string of the molecule is Cc1c(O)cccc1-c1nc(-c2cc(F)ccc2Br)no1. The van der Waals surface area contributed by atoms with Gasteiger partial charge >= 0.3 is 0 Å². The van der Waals surface area contributed by atoms with Crippen LogP contribution in [-0.2, 0) is 0 Å². The summed E-state index contributed by atoms with van der Waals surface area (Å²) in [6, 6.07) is 9.30. The minimum absolute atomic E-state index is 0.152. The highest BCUT2D eigenvalue weighted by Gasteiger charge is 2.16. The number of aromatic nitrogens is 2. The molecule has 1 aromatic heterocycles. The van der Waals surface area contributed by atoms with Gasteiger partial charge in [0, 0.05) is 21.2 Å². The van der Waals surface area contributed by atoms with Crippen molar-refractivity contribution in [2.45, 2.75) is 6.92 Å². The Morgan fingerprint density at radius 1 is 1.19 bits per heavy atom. The summed E-state index contributed by atoms with van der Waals surface area (Å²) in [5.41, 5.74) is 1.79. The number of phenols is 1. The van der Waals surface area contributed by atoms with E-state index in [1.54, 1.807) is 31.2 Å². The van der Waals surface area contributed by atoms with Crippen LogP contribution in [0.4, 0.5) is 4.39 Å². The predicted octanol–water partition coefficient (Wildman–Crippen LogP) is 4.32. The van der Waals surface area contributed by atoms with Crippen molar-refractivity contribution in [2.24, 2.45) is 0 Å². The summed E-state index contributed by atoms with van der Waals surface area (Å²) in [6.07, 6.45) is 0. The lowest BCUT2D eigenvalue weighted by atomic mass is 10.1. The molecule has 106 valence electrons. The van der Waals surface area contributed by atoms with Crippen molar-refractivity contribution in [3.05, 3.63) is 52.3 Å². The van der Waals surface area contributed by atoms with Crippen molar-refractivity contribution in [1.82, 2.24) is 10.1 Å². The zero-order valence-corrected chi connectivity index (χ0v) is 12.6. The van der Waals surface area contributed by atoms with E-state index in [4.69, 9.17) is 4.52 Å². The third-order valence-electron chi connectivity index (χ3n) is 3.13. The number of hydrogen-bond acceptors (Lipinski definition) is 4. The van der Waals surface area contributed by atoms with Gasteiger partial charge in [0.15, 0.2) is 0 Å². The van der Waals surface area contributed by atoms with Gasteiger partial charge in [-0.3, -0.25) is 0 Å². The fourth-order valence-corrected chi connectivity index (χ4v) is 2.39. The summed E-state index contributed by atoms with van der Waals surface area (Å²) in [7, 11) is 0. The van der Waals surface area contributed by atoms with Crippen LogP contribution < -0.4 is 0 Å². The lowest BCUT2D eigenvalue weighted by Gasteiger charge is -2.02. The highest BCUT2D eigenvalue weighted by atomic mass is 79.9. The number of nitrogens with zero attached hydrogens (tertiary/aromatic N) is 2. The Bertz CT molecular complexity index is 801. The molecule has 2 aromatic carbocycles. The van der Waals surface area contributed by atoms with E-state index in [0.717, 1.165) is 0 Å². The van der Waals surface area contributed by atoms with Crippen LogP contribution in [0.2, 0.25) is 0 Å². The molecule has 0 saturated heterocycles. The molecule has 0 radical (unpaired) electrons. The minimum atomic E-state index is -0.381. The van der Waals surface area contributed by atoms with Crippen LogP contribution in [0.5, 0.6) is 5.75 Å². The predicted molar refractivity (Wildman–Crippen MR) is 79.2 cm³/mol. The van der Waals surface area contributed by atoms with Gasteiger partial charge in [-0.05, 0) is 37.3 Å². The summed E-state index contributed by atoms with van der Waals surface area (Å²) in [5, 5.41) is 13.6. The molecule has 0 aliphatic heterocycles. The first-order valence-corrected chi connectivity index (χ1v) is 6.93. The van der Waals surface area contributed by atoms with Gasteiger partial charge in [0.1, 0.15) is 11.6 Å². The molecule has 1 heterocycles. The van der Waals surface area contributed by atoms with Crippen molar-refractivity contribution in [1.29, 1.82) is 0 Å². The molecule has 0 fully saturated rings. The van der Waals surface area contributed by atoms with E-state index in [9.17, 15) is 9.50 Å². The van der Waals surface area contributed by atoms with E-state index in [0.29, 0.717) is 21.2 Å². The number of aromatic hydroxyl groups is 1. The second kappa shape index (κ2) is 5.29. The van der Waals surface area contributed by atoms with Gasteiger partial charge in [0.05, 0.1) is 0 Å². The summed E-state index contributed by atoms with van der Waals surface area (Å²) >= 11 is 3.33. The second-order valence-corrected chi connectivity index (χ2v) is 5.35. The summed E-state index contributed by atoms with van der Waals surface area (Å²) in [5.74, 6) is 0.320. The molecular formula is C15H10BrFN2O2. The van der Waals surface area contributed by atoms with Crippen LogP contribution >= 0.6 is 15.9 Å². The number of hydrogen-bond donors (Lipinski definition) is 1. The van der Waals surface area contributed by atoms with Gasteiger partial charge in [-0.1, -0.05) is 27.2 Å². The molecule has 0 unspecified atom stereocenters. The number of halogens is 2. The second-order valence-electron chi connectivity index (χ2n) is 4.50. The topological polar surface area (TPSA) is 59.2 Å². The van der Waals surface area contributed by atoms with Crippen LogP contribution in [0.15, 0.2) is 45.4 Å². The van der Waals surface area contributed by atoms with E-state index in [2.05, 4.69) is 26.1 Å². The van der Waals surface area contributed by atoms with Gasteiger partial charge in [-0.25, -0.2) is 4.39 Å². The van der Waals surface area contributed by atoms with Gasteiger partial charge in [-0.2, -0.15) is 4.98 Å². The fourth-order valence-electron chi connectivity index (χ4n) is 1.97. The number of phenolic OH excluding ortho intramolecular Hbond substituents is 1. The zero-order chi connectivity index (χ0) is 15.0. The molecule has 0 aliphatic carbocycles. The van der Waals surface area contributed by atoms with Crippen molar-refractivity contribution in [3.63, 3.8) is 0 Å². The van der Waals surface area contributed by atoms with Crippen LogP contribution in [0.3, 0.4) is 0 Å². The molecule has 0 spiro atoms. The maximum absolute atomic E-state index is 13.3. The Morgan fingerprint density at radius 2 is 2.00 bits per heavy atom. The Hall–Kier alpha value is -2.21. The molecule has 1 N–H and O–H groups in total. The van der Waals surface area contributed by atoms with Crippen molar-refractivity contribution < 1.29 is 14.0 Å². The van der Waals surface area contributed by atoms with Crippen LogP contribution in [-0.4, -0.2) is 15.2 Å². The average molecular weight is 349 g/mol. The van der Waals surface area contributed by atoms with E-state index >= 15 is 0 Å². The molecule has 0 aliphatic rings. The zero-order valence-electron chi connectivity index (χ0n) is 11.0. The molecule has 0 saturated carbocycles. The molecule has 4 nitrogen and oxygen atoms in total. The fraction of sp³-hybridized carbons (Fsp3) is 0.0667. The highest BCUT2D eigenvalue weighted by Crippen LogP contribution is 2.31. The Labute approximate surface area is 128 Å². The van der Waals surface area contributed by atoms with Crippen LogP contribution in [0.1, 0.15) is 5.56 Å². The minimum Gasteiger partial charge on any atom is -0.508 e. The maximum Gasteiger partial charge on any atom is 0.258 e. The Morgan fingerprint density at radius 3 is 2.81 bits per heavy atom. The van der Waals surface area contributed by atoms with Gasteiger partial charge < -0.3 is 9.63 Å². The van der Waals surface area contributed by atoms with E-state index in [1.807, 2.05) is 0 Å². The normalized spacial score (nSPS) is 10.8. The van der Waals surface area contributed by atoms with E-state index in [-0.39, 0.29) is 23.3 Å². The molecule has 0 atom stereocenters. The Kier molecular flexibility index (Phi) is 3.47. The third kappa shape index (κ3) is 2.54. The largest absolute Gasteiger partial charge is 0.508 e. The maximum atomic E-state index is 13.3. The highest BCUT2D eigenvalue weighted by molar-refractivity contribution is 9.10. The Balaban J connectivity index is 2.08. The van der Waals surface area contributed by atoms with Gasteiger partial charge in [0.25, 0.3) is 5.89 Å². The van der Waals surface area contributed by atoms with Crippen molar-refractivity contribution in [2.75, 3.05) is 0 Å². The summed E-state index contributed by atoms with van der Waals surface area (Å²) in [6.45, 7) is 1.76. The third-order valence-corrected chi connectivity index (χ3v) is 3.82. The molecule has 0 bridgehead atoms. The monoisotopic (exact) mass is 348 g/mol. The first-order valence-electron chi connectivity index (χ1n) is 6.14. The van der Waals surface area contributed by atoms with Crippen molar-refractivity contribution >= 4 is 15.9 Å². The molecule has 21 heavy (non-hydrogen) atoms. The van der Waals surface area contributed by atoms with Gasteiger partial charge in [0.2, 0.25) is 5.82 Å². The van der Waals surface area contributed by atoms with Crippen molar-refractivity contribution in [3.8, 4) is 28.6 Å². The average Bonchev–Trinajstić information content (AvgIpc) is 2.94. The first kappa shape index (κ1) is 13.8. The molecule has 3 aromatic rings.